The average Bonchev–Trinajstić information content (AvgIpc) is 2.16. The Kier molecular flexibility index (Phi) is 3.43. The minimum Gasteiger partial charge on any atom is -0.379 e. The van der Waals surface area contributed by atoms with Crippen molar-refractivity contribution < 1.29 is 4.74 Å². The molecule has 0 radical (unpaired) electrons. The lowest BCUT2D eigenvalue weighted by Crippen LogP contribution is -2.47. The first-order valence-electron chi connectivity index (χ1n) is 5.13. The molecule has 1 aliphatic rings. The van der Waals surface area contributed by atoms with Crippen LogP contribution in [-0.4, -0.2) is 19.0 Å². The van der Waals surface area contributed by atoms with Gasteiger partial charge in [0.05, 0.1) is 13.2 Å². The van der Waals surface area contributed by atoms with E-state index in [1.54, 1.807) is 0 Å². The van der Waals surface area contributed by atoms with E-state index in [0.717, 1.165) is 29.9 Å². The van der Waals surface area contributed by atoms with Crippen molar-refractivity contribution >= 4 is 28.6 Å². The molecule has 2 rings (SSSR count). The number of halogens is 1. The Labute approximate surface area is 105 Å². The third kappa shape index (κ3) is 2.10. The smallest absolute Gasteiger partial charge is 0.0586 e. The van der Waals surface area contributed by atoms with Gasteiger partial charge in [-0.25, -0.2) is 0 Å². The predicted octanol–water partition coefficient (Wildman–Crippen LogP) is 3.35. The van der Waals surface area contributed by atoms with Crippen molar-refractivity contribution in [2.24, 2.45) is 0 Å². The van der Waals surface area contributed by atoms with Crippen molar-refractivity contribution in [2.45, 2.75) is 18.8 Å². The lowest BCUT2D eigenvalue weighted by molar-refractivity contribution is -0.0617. The highest BCUT2D eigenvalue weighted by Gasteiger charge is 2.40. The molecule has 82 valence electrons. The summed E-state index contributed by atoms with van der Waals surface area (Å²) in [5.74, 6) is 0.912. The summed E-state index contributed by atoms with van der Waals surface area (Å²) in [6.07, 6.45) is 1.09. The summed E-state index contributed by atoms with van der Waals surface area (Å²) >= 11 is 7.88. The fourth-order valence-corrected chi connectivity index (χ4v) is 2.95. The van der Waals surface area contributed by atoms with Crippen LogP contribution in [0.4, 0.5) is 0 Å². The van der Waals surface area contributed by atoms with Gasteiger partial charge in [-0.05, 0) is 42.4 Å². The average molecular weight is 287 g/mol. The molecular formula is C12H15BrOS. The van der Waals surface area contributed by atoms with E-state index in [0.29, 0.717) is 0 Å². The van der Waals surface area contributed by atoms with Gasteiger partial charge in [-0.1, -0.05) is 22.0 Å². The van der Waals surface area contributed by atoms with Crippen LogP contribution >= 0.6 is 28.6 Å². The van der Waals surface area contributed by atoms with E-state index in [4.69, 9.17) is 4.74 Å². The molecule has 1 aliphatic heterocycles. The van der Waals surface area contributed by atoms with Crippen LogP contribution in [0.2, 0.25) is 0 Å². The van der Waals surface area contributed by atoms with Gasteiger partial charge in [0, 0.05) is 9.89 Å². The number of aryl methyl sites for hydroxylation is 1. The zero-order chi connectivity index (χ0) is 10.9. The molecule has 15 heavy (non-hydrogen) atoms. The van der Waals surface area contributed by atoms with Crippen molar-refractivity contribution in [2.75, 3.05) is 19.0 Å². The largest absolute Gasteiger partial charge is 0.379 e. The fourth-order valence-electron chi connectivity index (χ4n) is 2.16. The number of hydrogen-bond acceptors (Lipinski definition) is 2. The van der Waals surface area contributed by atoms with Crippen molar-refractivity contribution in [3.8, 4) is 0 Å². The highest BCUT2D eigenvalue weighted by atomic mass is 79.9. The molecule has 1 heterocycles. The molecule has 0 saturated carbocycles. The summed E-state index contributed by atoms with van der Waals surface area (Å²) in [6.45, 7) is 3.84. The molecule has 0 aliphatic carbocycles. The summed E-state index contributed by atoms with van der Waals surface area (Å²) in [5, 5.41) is 0. The second-order valence-corrected chi connectivity index (χ2v) is 5.57. The maximum absolute atomic E-state index is 5.39. The van der Waals surface area contributed by atoms with Crippen molar-refractivity contribution in [3.05, 3.63) is 33.8 Å². The molecule has 1 aromatic carbocycles. The van der Waals surface area contributed by atoms with Gasteiger partial charge in [-0.2, -0.15) is 12.6 Å². The van der Waals surface area contributed by atoms with Crippen LogP contribution in [0.25, 0.3) is 0 Å². The fraction of sp³-hybridized carbons (Fsp3) is 0.500. The first-order chi connectivity index (χ1) is 7.18. The van der Waals surface area contributed by atoms with Gasteiger partial charge in [0.25, 0.3) is 0 Å². The standard InChI is InChI=1S/C12H15BrOS/c1-9-2-3-10(13)6-11(9)12(4-5-15)7-14-8-12/h2-3,6,15H,4-5,7-8H2,1H3. The number of rotatable bonds is 3. The Balaban J connectivity index is 2.37. The van der Waals surface area contributed by atoms with Gasteiger partial charge in [0.2, 0.25) is 0 Å². The molecule has 0 amide bonds. The molecule has 0 atom stereocenters. The van der Waals surface area contributed by atoms with E-state index < -0.39 is 0 Å². The van der Waals surface area contributed by atoms with Crippen molar-refractivity contribution in [1.82, 2.24) is 0 Å². The molecule has 1 aromatic rings. The normalized spacial score (nSPS) is 18.6. The molecule has 0 spiro atoms. The molecular weight excluding hydrogens is 272 g/mol. The third-order valence-corrected chi connectivity index (χ3v) is 3.83. The Morgan fingerprint density at radius 1 is 1.47 bits per heavy atom. The van der Waals surface area contributed by atoms with Crippen LogP contribution in [0.3, 0.4) is 0 Å². The molecule has 0 unspecified atom stereocenters. The van der Waals surface area contributed by atoms with E-state index in [1.165, 1.54) is 11.1 Å². The lowest BCUT2D eigenvalue weighted by atomic mass is 9.74. The summed E-state index contributed by atoms with van der Waals surface area (Å²) in [5.41, 5.74) is 2.98. The second-order valence-electron chi connectivity index (χ2n) is 4.21. The molecule has 1 saturated heterocycles. The van der Waals surface area contributed by atoms with E-state index in [1.807, 2.05) is 0 Å². The van der Waals surface area contributed by atoms with Crippen LogP contribution in [0.1, 0.15) is 17.5 Å². The molecule has 1 fully saturated rings. The van der Waals surface area contributed by atoms with Crippen LogP contribution in [0.5, 0.6) is 0 Å². The highest BCUT2D eigenvalue weighted by molar-refractivity contribution is 9.10. The number of benzene rings is 1. The predicted molar refractivity (Wildman–Crippen MR) is 69.8 cm³/mol. The summed E-state index contributed by atoms with van der Waals surface area (Å²) in [7, 11) is 0. The SMILES string of the molecule is Cc1ccc(Br)cc1C1(CCS)COC1. The Morgan fingerprint density at radius 2 is 2.20 bits per heavy atom. The Hall–Kier alpha value is 0.01000. The maximum atomic E-state index is 5.39. The van der Waals surface area contributed by atoms with Gasteiger partial charge < -0.3 is 4.74 Å². The molecule has 0 bridgehead atoms. The topological polar surface area (TPSA) is 9.23 Å². The monoisotopic (exact) mass is 286 g/mol. The highest BCUT2D eigenvalue weighted by Crippen LogP contribution is 2.38. The summed E-state index contributed by atoms with van der Waals surface area (Å²) in [4.78, 5) is 0. The van der Waals surface area contributed by atoms with Crippen LogP contribution in [-0.2, 0) is 10.2 Å². The van der Waals surface area contributed by atoms with Gasteiger partial charge in [0.15, 0.2) is 0 Å². The number of hydrogen-bond donors (Lipinski definition) is 1. The maximum Gasteiger partial charge on any atom is 0.0586 e. The van der Waals surface area contributed by atoms with Gasteiger partial charge in [0.1, 0.15) is 0 Å². The van der Waals surface area contributed by atoms with Gasteiger partial charge in [-0.15, -0.1) is 0 Å². The first-order valence-corrected chi connectivity index (χ1v) is 6.56. The molecule has 1 nitrogen and oxygen atoms in total. The Morgan fingerprint density at radius 3 is 2.73 bits per heavy atom. The molecule has 0 aromatic heterocycles. The number of ether oxygens (including phenoxy) is 1. The van der Waals surface area contributed by atoms with Crippen molar-refractivity contribution in [3.63, 3.8) is 0 Å². The Bertz CT molecular complexity index is 361. The van der Waals surface area contributed by atoms with E-state index in [2.05, 4.69) is 53.7 Å². The quantitative estimate of drug-likeness (QED) is 0.839. The van der Waals surface area contributed by atoms with Crippen molar-refractivity contribution in [1.29, 1.82) is 0 Å². The van der Waals surface area contributed by atoms with Crippen LogP contribution < -0.4 is 0 Å². The minimum atomic E-state index is 0.218. The van der Waals surface area contributed by atoms with Gasteiger partial charge >= 0.3 is 0 Å². The second kappa shape index (κ2) is 4.48. The van der Waals surface area contributed by atoms with Crippen LogP contribution in [0.15, 0.2) is 22.7 Å². The zero-order valence-electron chi connectivity index (χ0n) is 8.79. The number of thiol groups is 1. The minimum absolute atomic E-state index is 0.218. The molecule has 0 N–H and O–H groups in total. The summed E-state index contributed by atoms with van der Waals surface area (Å²) in [6, 6.07) is 6.48. The summed E-state index contributed by atoms with van der Waals surface area (Å²) < 4.78 is 6.54. The lowest BCUT2D eigenvalue weighted by Gasteiger charge is -2.42. The molecule has 3 heteroatoms. The van der Waals surface area contributed by atoms with Crippen LogP contribution in [0, 0.1) is 6.92 Å². The first kappa shape index (κ1) is 11.5. The van der Waals surface area contributed by atoms with E-state index >= 15 is 0 Å². The van der Waals surface area contributed by atoms with E-state index in [-0.39, 0.29) is 5.41 Å². The zero-order valence-corrected chi connectivity index (χ0v) is 11.3. The van der Waals surface area contributed by atoms with E-state index in [9.17, 15) is 0 Å². The third-order valence-electron chi connectivity index (χ3n) is 3.12. The van der Waals surface area contributed by atoms with Gasteiger partial charge in [-0.3, -0.25) is 0 Å².